The van der Waals surface area contributed by atoms with E-state index in [2.05, 4.69) is 32.6 Å². The molecule has 0 aliphatic heterocycles. The first-order valence-corrected chi connectivity index (χ1v) is 4.91. The van der Waals surface area contributed by atoms with Gasteiger partial charge < -0.3 is 0 Å². The molecule has 2 nitrogen and oxygen atoms in total. The van der Waals surface area contributed by atoms with Crippen LogP contribution < -0.4 is 0 Å². The zero-order valence-corrected chi connectivity index (χ0v) is 9.53. The Labute approximate surface area is 92.2 Å². The Hall–Kier alpha value is -1.22. The number of halogens is 1. The summed E-state index contributed by atoms with van der Waals surface area (Å²) in [5, 5.41) is 0. The number of aliphatic imine (C=N–C) groups is 2. The fraction of sp³-hybridized carbons (Fsp3) is 0.0909. The van der Waals surface area contributed by atoms with Crippen molar-refractivity contribution >= 4 is 34.4 Å². The fourth-order valence-electron chi connectivity index (χ4n) is 1.06. The first-order chi connectivity index (χ1) is 6.77. The van der Waals surface area contributed by atoms with Crippen molar-refractivity contribution in [3.63, 3.8) is 0 Å². The molecule has 0 radical (unpaired) electrons. The molecular weight excluding hydrogens is 240 g/mol. The average Bonchev–Trinajstić information content (AvgIpc) is 2.19. The number of allylic oxidation sites excluding steroid dienone is 1. The summed E-state index contributed by atoms with van der Waals surface area (Å²) in [5.41, 5.74) is 2.03. The summed E-state index contributed by atoms with van der Waals surface area (Å²) in [4.78, 5) is 7.70. The highest BCUT2D eigenvalue weighted by Gasteiger charge is 1.97. The molecule has 0 aliphatic carbocycles. The second-order valence-corrected chi connectivity index (χ2v) is 3.58. The molecule has 0 aliphatic rings. The molecule has 1 aromatic carbocycles. The highest BCUT2D eigenvalue weighted by molar-refractivity contribution is 9.10. The second-order valence-electron chi connectivity index (χ2n) is 2.66. The third kappa shape index (κ3) is 2.92. The minimum atomic E-state index is 0.954. The lowest BCUT2D eigenvalue weighted by molar-refractivity contribution is 1.47. The van der Waals surface area contributed by atoms with Gasteiger partial charge in [0.1, 0.15) is 0 Å². The average molecular weight is 251 g/mol. The Balaban J connectivity index is 3.05. The smallest absolute Gasteiger partial charge is 0.0354 e. The lowest BCUT2D eigenvalue weighted by atomic mass is 10.1. The van der Waals surface area contributed by atoms with Gasteiger partial charge in [-0.2, -0.15) is 0 Å². The monoisotopic (exact) mass is 250 g/mol. The number of nitrogens with zero attached hydrogens (tertiary/aromatic N) is 2. The van der Waals surface area contributed by atoms with Gasteiger partial charge in [0.15, 0.2) is 0 Å². The summed E-state index contributed by atoms with van der Waals surface area (Å²) in [7, 11) is 1.73. The van der Waals surface area contributed by atoms with Gasteiger partial charge in [-0.25, -0.2) is 0 Å². The van der Waals surface area contributed by atoms with E-state index in [9.17, 15) is 0 Å². The van der Waals surface area contributed by atoms with Crippen LogP contribution in [0.15, 0.2) is 44.9 Å². The van der Waals surface area contributed by atoms with E-state index in [0.717, 1.165) is 15.6 Å². The number of rotatable bonds is 3. The van der Waals surface area contributed by atoms with Gasteiger partial charge in [-0.3, -0.25) is 9.98 Å². The summed E-state index contributed by atoms with van der Waals surface area (Å²) in [6.45, 7) is 3.43. The largest absolute Gasteiger partial charge is 0.296 e. The summed E-state index contributed by atoms with van der Waals surface area (Å²) >= 11 is 3.38. The molecule has 0 unspecified atom stereocenters. The third-order valence-corrected chi connectivity index (χ3v) is 2.20. The Bertz CT molecular complexity index is 363. The van der Waals surface area contributed by atoms with E-state index in [1.807, 2.05) is 24.3 Å². The molecule has 0 amide bonds. The number of hydrogen-bond acceptors (Lipinski definition) is 2. The summed E-state index contributed by atoms with van der Waals surface area (Å²) < 4.78 is 1.06. The van der Waals surface area contributed by atoms with Gasteiger partial charge in [0.25, 0.3) is 0 Å². The number of hydrogen-bond donors (Lipinski definition) is 0. The van der Waals surface area contributed by atoms with Crippen LogP contribution in [0.3, 0.4) is 0 Å². The SMILES string of the molecule is C=N/C=C(\C=NC)c1ccc(Br)cc1. The molecule has 1 rings (SSSR count). The molecule has 14 heavy (non-hydrogen) atoms. The van der Waals surface area contributed by atoms with Gasteiger partial charge in [0.05, 0.1) is 0 Å². The van der Waals surface area contributed by atoms with Gasteiger partial charge in [-0.05, 0) is 24.4 Å². The molecule has 0 N–H and O–H groups in total. The van der Waals surface area contributed by atoms with Crippen LogP contribution >= 0.6 is 15.9 Å². The van der Waals surface area contributed by atoms with Crippen LogP contribution in [0.1, 0.15) is 5.56 Å². The molecule has 0 fully saturated rings. The summed E-state index contributed by atoms with van der Waals surface area (Å²) in [5.74, 6) is 0. The van der Waals surface area contributed by atoms with E-state index in [4.69, 9.17) is 0 Å². The molecule has 0 aromatic heterocycles. The van der Waals surface area contributed by atoms with E-state index in [-0.39, 0.29) is 0 Å². The van der Waals surface area contributed by atoms with Gasteiger partial charge in [-0.15, -0.1) is 0 Å². The molecule has 0 bridgehead atoms. The van der Waals surface area contributed by atoms with Crippen molar-refractivity contribution in [3.05, 3.63) is 40.5 Å². The third-order valence-electron chi connectivity index (χ3n) is 1.68. The van der Waals surface area contributed by atoms with Crippen LogP contribution in [0.4, 0.5) is 0 Å². The lowest BCUT2D eigenvalue weighted by Crippen LogP contribution is -1.85. The van der Waals surface area contributed by atoms with Gasteiger partial charge in [0.2, 0.25) is 0 Å². The lowest BCUT2D eigenvalue weighted by Gasteiger charge is -2.00. The predicted molar refractivity (Wildman–Crippen MR) is 66.1 cm³/mol. The quantitative estimate of drug-likeness (QED) is 0.737. The van der Waals surface area contributed by atoms with Crippen molar-refractivity contribution in [1.29, 1.82) is 0 Å². The highest BCUT2D eigenvalue weighted by atomic mass is 79.9. The fourth-order valence-corrected chi connectivity index (χ4v) is 1.33. The van der Waals surface area contributed by atoms with Crippen LogP contribution in [-0.2, 0) is 0 Å². The van der Waals surface area contributed by atoms with Gasteiger partial charge in [0, 0.05) is 29.5 Å². The van der Waals surface area contributed by atoms with Crippen LogP contribution in [0, 0.1) is 0 Å². The molecular formula is C11H11BrN2. The maximum absolute atomic E-state index is 3.96. The first-order valence-electron chi connectivity index (χ1n) is 4.12. The molecule has 0 saturated heterocycles. The maximum Gasteiger partial charge on any atom is 0.0354 e. The van der Waals surface area contributed by atoms with E-state index in [1.54, 1.807) is 19.5 Å². The number of benzene rings is 1. The van der Waals surface area contributed by atoms with E-state index >= 15 is 0 Å². The molecule has 0 atom stereocenters. The van der Waals surface area contributed by atoms with E-state index in [1.165, 1.54) is 0 Å². The van der Waals surface area contributed by atoms with Crippen molar-refractivity contribution in [2.75, 3.05) is 7.05 Å². The van der Waals surface area contributed by atoms with Crippen molar-refractivity contribution in [3.8, 4) is 0 Å². The van der Waals surface area contributed by atoms with Gasteiger partial charge in [-0.1, -0.05) is 28.1 Å². The topological polar surface area (TPSA) is 24.7 Å². The Morgan fingerprint density at radius 1 is 1.36 bits per heavy atom. The van der Waals surface area contributed by atoms with Crippen LogP contribution in [0.2, 0.25) is 0 Å². The normalized spacial score (nSPS) is 12.0. The minimum absolute atomic E-state index is 0.954. The molecule has 1 aromatic rings. The highest BCUT2D eigenvalue weighted by Crippen LogP contribution is 2.16. The standard InChI is InChI=1S/C11H11BrN2/c1-13-7-10(8-14-2)9-3-5-11(12)6-4-9/h3-8H,1H2,2H3/b10-7+,14-8?. The second kappa shape index (κ2) is 5.50. The van der Waals surface area contributed by atoms with Crippen molar-refractivity contribution < 1.29 is 0 Å². The zero-order chi connectivity index (χ0) is 10.4. The predicted octanol–water partition coefficient (Wildman–Crippen LogP) is 3.19. The molecule has 3 heteroatoms. The van der Waals surface area contributed by atoms with Crippen molar-refractivity contribution in [1.82, 2.24) is 0 Å². The summed E-state index contributed by atoms with van der Waals surface area (Å²) in [6.07, 6.45) is 3.45. The first kappa shape index (κ1) is 10.9. The Morgan fingerprint density at radius 3 is 2.50 bits per heavy atom. The van der Waals surface area contributed by atoms with Crippen molar-refractivity contribution in [2.45, 2.75) is 0 Å². The van der Waals surface area contributed by atoms with E-state index in [0.29, 0.717) is 0 Å². The molecule has 0 saturated carbocycles. The molecule has 72 valence electrons. The van der Waals surface area contributed by atoms with Gasteiger partial charge >= 0.3 is 0 Å². The summed E-state index contributed by atoms with van der Waals surface area (Å²) in [6, 6.07) is 7.97. The maximum atomic E-state index is 3.96. The van der Waals surface area contributed by atoms with Crippen LogP contribution in [-0.4, -0.2) is 20.0 Å². The van der Waals surface area contributed by atoms with Crippen molar-refractivity contribution in [2.24, 2.45) is 9.98 Å². The molecule has 0 heterocycles. The Morgan fingerprint density at radius 2 is 2.00 bits per heavy atom. The Kier molecular flexibility index (Phi) is 4.26. The zero-order valence-electron chi connectivity index (χ0n) is 7.94. The van der Waals surface area contributed by atoms with E-state index < -0.39 is 0 Å². The van der Waals surface area contributed by atoms with Crippen LogP contribution in [0.5, 0.6) is 0 Å². The van der Waals surface area contributed by atoms with Crippen LogP contribution in [0.25, 0.3) is 5.57 Å². The minimum Gasteiger partial charge on any atom is -0.296 e. The molecule has 0 spiro atoms.